The number of aryl methyl sites for hydroxylation is 1. The van der Waals surface area contributed by atoms with Crippen LogP contribution >= 0.6 is 0 Å². The van der Waals surface area contributed by atoms with Gasteiger partial charge in [0, 0.05) is 44.1 Å². The zero-order valence-corrected chi connectivity index (χ0v) is 15.6. The van der Waals surface area contributed by atoms with Gasteiger partial charge in [0.2, 0.25) is 11.8 Å². The molecule has 0 spiro atoms. The average Bonchev–Trinajstić information content (AvgIpc) is 3.08. The maximum atomic E-state index is 12.4. The molecule has 1 aliphatic heterocycles. The van der Waals surface area contributed by atoms with Crippen molar-refractivity contribution in [3.05, 3.63) is 48.3 Å². The molecule has 1 aliphatic rings. The number of carbonyl (C=O) groups is 2. The molecule has 142 valence electrons. The average molecular weight is 368 g/mol. The number of carbonyl (C=O) groups excluding carboxylic acids is 2. The van der Waals surface area contributed by atoms with E-state index in [1.807, 2.05) is 37.3 Å². The van der Waals surface area contributed by atoms with Crippen LogP contribution in [0.15, 0.2) is 42.7 Å². The fourth-order valence-corrected chi connectivity index (χ4v) is 3.17. The summed E-state index contributed by atoms with van der Waals surface area (Å²) in [4.78, 5) is 30.5. The number of hydrogen-bond acceptors (Lipinski definition) is 5. The van der Waals surface area contributed by atoms with Crippen LogP contribution in [-0.2, 0) is 9.59 Å². The third kappa shape index (κ3) is 4.36. The number of benzene rings is 1. The number of aromatic nitrogens is 1. The smallest absolute Gasteiger partial charge is 0.227 e. The summed E-state index contributed by atoms with van der Waals surface area (Å²) in [6, 6.07) is 9.24. The Balaban J connectivity index is 1.51. The summed E-state index contributed by atoms with van der Waals surface area (Å²) in [5.74, 6) is 0.105. The Hall–Kier alpha value is -3.09. The minimum atomic E-state index is -0.356. The van der Waals surface area contributed by atoms with Crippen molar-refractivity contribution >= 4 is 23.2 Å². The van der Waals surface area contributed by atoms with E-state index >= 15 is 0 Å². The van der Waals surface area contributed by atoms with Gasteiger partial charge in [-0.25, -0.2) is 0 Å². The standard InChI is InChI=1S/C20H24N4O3/c1-14-12-21-8-7-16(14)22-9-10-23-20(26)15-11-19(25)24(13-15)17-5-3-4-6-18(17)27-2/h3-8,12,15H,9-11,13H2,1-2H3,(H,21,22)(H,23,26). The van der Waals surface area contributed by atoms with E-state index in [9.17, 15) is 9.59 Å². The van der Waals surface area contributed by atoms with Gasteiger partial charge in [0.15, 0.2) is 0 Å². The molecule has 2 aromatic rings. The second-order valence-electron chi connectivity index (χ2n) is 6.49. The molecular weight excluding hydrogens is 344 g/mol. The number of methoxy groups -OCH3 is 1. The first-order valence-electron chi connectivity index (χ1n) is 8.95. The third-order valence-electron chi connectivity index (χ3n) is 4.63. The van der Waals surface area contributed by atoms with Crippen LogP contribution in [0.5, 0.6) is 5.75 Å². The second-order valence-corrected chi connectivity index (χ2v) is 6.49. The molecule has 0 radical (unpaired) electrons. The van der Waals surface area contributed by atoms with Crippen molar-refractivity contribution in [3.63, 3.8) is 0 Å². The van der Waals surface area contributed by atoms with E-state index in [1.54, 1.807) is 24.4 Å². The molecular formula is C20H24N4O3. The summed E-state index contributed by atoms with van der Waals surface area (Å²) >= 11 is 0. The molecule has 2 heterocycles. The monoisotopic (exact) mass is 368 g/mol. The van der Waals surface area contributed by atoms with Crippen LogP contribution < -0.4 is 20.3 Å². The molecule has 0 aliphatic carbocycles. The van der Waals surface area contributed by atoms with Gasteiger partial charge in [0.25, 0.3) is 0 Å². The van der Waals surface area contributed by atoms with E-state index in [0.717, 1.165) is 11.3 Å². The molecule has 0 saturated carbocycles. The lowest BCUT2D eigenvalue weighted by Gasteiger charge is -2.19. The van der Waals surface area contributed by atoms with Crippen molar-refractivity contribution in [3.8, 4) is 5.75 Å². The summed E-state index contributed by atoms with van der Waals surface area (Å²) in [7, 11) is 1.57. The molecule has 27 heavy (non-hydrogen) atoms. The highest BCUT2D eigenvalue weighted by atomic mass is 16.5. The van der Waals surface area contributed by atoms with E-state index in [0.29, 0.717) is 31.1 Å². The van der Waals surface area contributed by atoms with Crippen LogP contribution in [0, 0.1) is 12.8 Å². The van der Waals surface area contributed by atoms with E-state index < -0.39 is 0 Å². The molecule has 7 heteroatoms. The number of amides is 2. The zero-order chi connectivity index (χ0) is 19.2. The largest absolute Gasteiger partial charge is 0.495 e. The lowest BCUT2D eigenvalue weighted by Crippen LogP contribution is -2.35. The predicted molar refractivity (Wildman–Crippen MR) is 104 cm³/mol. The minimum Gasteiger partial charge on any atom is -0.495 e. The molecule has 3 rings (SSSR count). The number of para-hydroxylation sites is 2. The number of nitrogens with zero attached hydrogens (tertiary/aromatic N) is 2. The Morgan fingerprint density at radius 3 is 2.89 bits per heavy atom. The first kappa shape index (κ1) is 18.7. The molecule has 7 nitrogen and oxygen atoms in total. The van der Waals surface area contributed by atoms with Gasteiger partial charge in [-0.1, -0.05) is 12.1 Å². The van der Waals surface area contributed by atoms with Gasteiger partial charge in [-0.3, -0.25) is 14.6 Å². The number of ether oxygens (including phenoxy) is 1. The third-order valence-corrected chi connectivity index (χ3v) is 4.63. The molecule has 2 amide bonds. The topological polar surface area (TPSA) is 83.6 Å². The van der Waals surface area contributed by atoms with Gasteiger partial charge in [0.1, 0.15) is 5.75 Å². The van der Waals surface area contributed by atoms with Crippen LogP contribution in [0.1, 0.15) is 12.0 Å². The predicted octanol–water partition coefficient (Wildman–Crippen LogP) is 1.98. The molecule has 2 N–H and O–H groups in total. The molecule has 1 aromatic heterocycles. The van der Waals surface area contributed by atoms with Crippen molar-refractivity contribution in [2.24, 2.45) is 5.92 Å². The number of anilines is 2. The van der Waals surface area contributed by atoms with Crippen molar-refractivity contribution in [1.82, 2.24) is 10.3 Å². The molecule has 1 saturated heterocycles. The Labute approximate surface area is 158 Å². The summed E-state index contributed by atoms with van der Waals surface area (Å²) in [6.45, 7) is 3.43. The van der Waals surface area contributed by atoms with Crippen molar-refractivity contribution in [1.29, 1.82) is 0 Å². The van der Waals surface area contributed by atoms with Crippen LogP contribution in [-0.4, -0.2) is 43.5 Å². The Kier molecular flexibility index (Phi) is 5.90. The summed E-state index contributed by atoms with van der Waals surface area (Å²) in [6.07, 6.45) is 3.72. The Morgan fingerprint density at radius 2 is 2.11 bits per heavy atom. The van der Waals surface area contributed by atoms with Crippen molar-refractivity contribution in [2.75, 3.05) is 37.0 Å². The van der Waals surface area contributed by atoms with E-state index in [-0.39, 0.29) is 24.2 Å². The number of rotatable bonds is 7. The molecule has 1 aromatic carbocycles. The number of nitrogens with one attached hydrogen (secondary N) is 2. The minimum absolute atomic E-state index is 0.0646. The van der Waals surface area contributed by atoms with Crippen LogP contribution in [0.4, 0.5) is 11.4 Å². The van der Waals surface area contributed by atoms with Gasteiger partial charge in [-0.05, 0) is 30.7 Å². The van der Waals surface area contributed by atoms with Gasteiger partial charge >= 0.3 is 0 Å². The Bertz CT molecular complexity index is 824. The van der Waals surface area contributed by atoms with E-state index in [2.05, 4.69) is 15.6 Å². The zero-order valence-electron chi connectivity index (χ0n) is 15.6. The van der Waals surface area contributed by atoms with E-state index in [1.165, 1.54) is 0 Å². The first-order chi connectivity index (χ1) is 13.1. The van der Waals surface area contributed by atoms with Gasteiger partial charge < -0.3 is 20.3 Å². The van der Waals surface area contributed by atoms with Gasteiger partial charge in [-0.15, -0.1) is 0 Å². The van der Waals surface area contributed by atoms with E-state index in [4.69, 9.17) is 4.74 Å². The molecule has 1 unspecified atom stereocenters. The number of pyridine rings is 1. The van der Waals surface area contributed by atoms with Crippen molar-refractivity contribution < 1.29 is 14.3 Å². The lowest BCUT2D eigenvalue weighted by atomic mass is 10.1. The maximum Gasteiger partial charge on any atom is 0.227 e. The van der Waals surface area contributed by atoms with Gasteiger partial charge in [-0.2, -0.15) is 0 Å². The SMILES string of the molecule is COc1ccccc1N1CC(C(=O)NCCNc2ccncc2C)CC1=O. The quantitative estimate of drug-likeness (QED) is 0.730. The van der Waals surface area contributed by atoms with Crippen LogP contribution in [0.3, 0.4) is 0 Å². The number of hydrogen-bond donors (Lipinski definition) is 2. The maximum absolute atomic E-state index is 12.4. The van der Waals surface area contributed by atoms with Gasteiger partial charge in [0.05, 0.1) is 18.7 Å². The summed E-state index contributed by atoms with van der Waals surface area (Å²) in [5.41, 5.74) is 2.76. The molecule has 1 atom stereocenters. The normalized spacial score (nSPS) is 16.3. The second kappa shape index (κ2) is 8.53. The highest BCUT2D eigenvalue weighted by Crippen LogP contribution is 2.32. The first-order valence-corrected chi connectivity index (χ1v) is 8.95. The van der Waals surface area contributed by atoms with Crippen LogP contribution in [0.25, 0.3) is 0 Å². The molecule has 0 bridgehead atoms. The van der Waals surface area contributed by atoms with Crippen LogP contribution in [0.2, 0.25) is 0 Å². The fraction of sp³-hybridized carbons (Fsp3) is 0.350. The lowest BCUT2D eigenvalue weighted by molar-refractivity contribution is -0.126. The van der Waals surface area contributed by atoms with Crippen molar-refractivity contribution in [2.45, 2.75) is 13.3 Å². The fourth-order valence-electron chi connectivity index (χ4n) is 3.17. The molecule has 1 fully saturated rings. The Morgan fingerprint density at radius 1 is 1.30 bits per heavy atom. The summed E-state index contributed by atoms with van der Waals surface area (Å²) in [5, 5.41) is 6.18. The highest BCUT2D eigenvalue weighted by Gasteiger charge is 2.36. The highest BCUT2D eigenvalue weighted by molar-refractivity contribution is 6.01. The summed E-state index contributed by atoms with van der Waals surface area (Å²) < 4.78 is 5.33.